The van der Waals surface area contributed by atoms with Crippen molar-refractivity contribution >= 4 is 51.7 Å². The second kappa shape index (κ2) is 14.7. The number of nitrogen functional groups attached to an aromatic ring is 1. The van der Waals surface area contributed by atoms with Crippen molar-refractivity contribution in [3.05, 3.63) is 24.0 Å². The zero-order chi connectivity index (χ0) is 24.2. The molecule has 0 fully saturated rings. The first-order valence-corrected chi connectivity index (χ1v) is 14.9. The van der Waals surface area contributed by atoms with Crippen LogP contribution in [0.4, 0.5) is 5.82 Å². The molecule has 3 rings (SSSR count). The molecule has 0 radical (unpaired) electrons. The molecule has 2 heterocycles. The summed E-state index contributed by atoms with van der Waals surface area (Å²) in [5, 5.41) is 1.09. The third-order valence-electron chi connectivity index (χ3n) is 5.87. The van der Waals surface area contributed by atoms with Crippen molar-refractivity contribution < 1.29 is 4.74 Å². The van der Waals surface area contributed by atoms with Gasteiger partial charge in [-0.2, -0.15) is 0 Å². The van der Waals surface area contributed by atoms with Gasteiger partial charge in [-0.25, -0.2) is 9.97 Å². The second-order valence-corrected chi connectivity index (χ2v) is 9.86. The number of fused-ring (bicyclic) bond motifs is 3. The van der Waals surface area contributed by atoms with Gasteiger partial charge >= 0.3 is 0 Å². The van der Waals surface area contributed by atoms with E-state index in [1.54, 1.807) is 23.9 Å². The summed E-state index contributed by atoms with van der Waals surface area (Å²) in [6.07, 6.45) is 13.0. The Labute approximate surface area is 212 Å². The minimum atomic E-state index is 0.499. The van der Waals surface area contributed by atoms with Crippen LogP contribution in [0.1, 0.15) is 57.7 Å². The maximum Gasteiger partial charge on any atom is 0.152 e. The van der Waals surface area contributed by atoms with Crippen LogP contribution in [0.25, 0.3) is 21.9 Å². The lowest BCUT2D eigenvalue weighted by Crippen LogP contribution is -2.08. The van der Waals surface area contributed by atoms with Crippen LogP contribution < -0.4 is 19.9 Å². The predicted molar refractivity (Wildman–Crippen MR) is 150 cm³/mol. The summed E-state index contributed by atoms with van der Waals surface area (Å²) in [5.41, 5.74) is 9.19. The zero-order valence-corrected chi connectivity index (χ0v) is 22.5. The number of nitrogens with zero attached hydrogens (tertiary/aromatic N) is 3. The molecule has 0 aliphatic carbocycles. The summed E-state index contributed by atoms with van der Waals surface area (Å²) in [6.45, 7) is 5.93. The van der Waals surface area contributed by atoms with Crippen molar-refractivity contribution in [2.24, 2.45) is 0 Å². The summed E-state index contributed by atoms with van der Waals surface area (Å²) < 4.78 is 15.0. The number of hydrogen-bond acceptors (Lipinski definition) is 8. The number of rotatable bonds is 17. The van der Waals surface area contributed by atoms with E-state index in [-0.39, 0.29) is 0 Å². The molecule has 3 aromatic rings. The number of aryl methyl sites for hydroxylation is 2. The molecule has 0 amide bonds. The monoisotopic (exact) mass is 504 g/mol. The maximum atomic E-state index is 6.39. The third-order valence-corrected chi connectivity index (χ3v) is 6.85. The van der Waals surface area contributed by atoms with Gasteiger partial charge in [-0.05, 0) is 56.7 Å². The van der Waals surface area contributed by atoms with Gasteiger partial charge in [-0.3, -0.25) is 9.44 Å². The lowest BCUT2D eigenvalue weighted by atomic mass is 10.1. The van der Waals surface area contributed by atoms with E-state index in [4.69, 9.17) is 15.5 Å². The van der Waals surface area contributed by atoms with E-state index in [9.17, 15) is 0 Å². The summed E-state index contributed by atoms with van der Waals surface area (Å²) >= 11 is 3.35. The van der Waals surface area contributed by atoms with Gasteiger partial charge in [0, 0.05) is 37.5 Å². The maximum absolute atomic E-state index is 6.39. The highest BCUT2D eigenvalue weighted by Crippen LogP contribution is 2.31. The fourth-order valence-electron chi connectivity index (χ4n) is 4.20. The first kappa shape index (κ1) is 26.9. The Morgan fingerprint density at radius 2 is 1.71 bits per heavy atom. The number of imidazole rings is 1. The highest BCUT2D eigenvalue weighted by Gasteiger charge is 2.17. The van der Waals surface area contributed by atoms with E-state index >= 15 is 0 Å². The molecule has 2 aromatic heterocycles. The number of hydrogen-bond donors (Lipinski definition) is 3. The van der Waals surface area contributed by atoms with Crippen molar-refractivity contribution in [2.75, 3.05) is 37.9 Å². The number of pyridine rings is 1. The fraction of sp³-hybridized carbons (Fsp3) is 0.600. The molecule has 188 valence electrons. The summed E-state index contributed by atoms with van der Waals surface area (Å²) in [5.74, 6) is 2.45. The molecule has 9 heteroatoms. The van der Waals surface area contributed by atoms with Crippen molar-refractivity contribution in [1.82, 2.24) is 24.0 Å². The molecule has 0 spiro atoms. The van der Waals surface area contributed by atoms with Crippen molar-refractivity contribution in [3.63, 3.8) is 0 Å². The normalized spacial score (nSPS) is 11.6. The lowest BCUT2D eigenvalue weighted by Gasteiger charge is -2.12. The van der Waals surface area contributed by atoms with Crippen molar-refractivity contribution in [3.8, 4) is 5.75 Å². The van der Waals surface area contributed by atoms with E-state index in [1.807, 2.05) is 6.07 Å². The van der Waals surface area contributed by atoms with Crippen LogP contribution in [-0.2, 0) is 13.0 Å². The number of unbranched alkanes of at least 4 members (excludes halogenated alkanes) is 4. The summed E-state index contributed by atoms with van der Waals surface area (Å²) in [7, 11) is 0. The average Bonchev–Trinajstić information content (AvgIpc) is 3.20. The Balaban J connectivity index is 1.73. The van der Waals surface area contributed by atoms with E-state index in [2.05, 4.69) is 50.6 Å². The minimum Gasteiger partial charge on any atom is -0.494 e. The Kier molecular flexibility index (Phi) is 11.6. The van der Waals surface area contributed by atoms with Gasteiger partial charge < -0.3 is 15.0 Å². The molecule has 0 bridgehead atoms. The molecule has 0 aliphatic rings. The van der Waals surface area contributed by atoms with Crippen LogP contribution in [0.5, 0.6) is 5.75 Å². The smallest absolute Gasteiger partial charge is 0.152 e. The summed E-state index contributed by atoms with van der Waals surface area (Å²) in [6, 6.07) is 6.20. The molecule has 1 aromatic carbocycles. The van der Waals surface area contributed by atoms with Gasteiger partial charge in [-0.15, -0.1) is 0 Å². The predicted octanol–water partition coefficient (Wildman–Crippen LogP) is 5.57. The van der Waals surface area contributed by atoms with Gasteiger partial charge in [0.2, 0.25) is 0 Å². The lowest BCUT2D eigenvalue weighted by molar-refractivity contribution is 0.305. The molecule has 0 saturated carbocycles. The highest BCUT2D eigenvalue weighted by atomic mass is 32.2. The molecule has 0 aliphatic heterocycles. The molecule has 0 saturated heterocycles. The topological polar surface area (TPSA) is 90.0 Å². The number of benzene rings is 1. The Morgan fingerprint density at radius 3 is 2.44 bits per heavy atom. The van der Waals surface area contributed by atoms with Gasteiger partial charge in [0.15, 0.2) is 5.82 Å². The largest absolute Gasteiger partial charge is 0.494 e. The first-order valence-electron chi connectivity index (χ1n) is 12.4. The van der Waals surface area contributed by atoms with Crippen LogP contribution in [-0.4, -0.2) is 46.7 Å². The molecule has 4 N–H and O–H groups in total. The molecular weight excluding hydrogens is 464 g/mol. The molecule has 0 unspecified atom stereocenters. The molecule has 0 atom stereocenters. The van der Waals surface area contributed by atoms with E-state index in [0.29, 0.717) is 5.82 Å². The highest BCUT2D eigenvalue weighted by molar-refractivity contribution is 7.96. The third kappa shape index (κ3) is 7.41. The molecule has 34 heavy (non-hydrogen) atoms. The fourth-order valence-corrected chi connectivity index (χ4v) is 4.89. The van der Waals surface area contributed by atoms with Crippen LogP contribution in [0.2, 0.25) is 0 Å². The number of ether oxygens (including phenoxy) is 1. The first-order chi connectivity index (χ1) is 16.7. The summed E-state index contributed by atoms with van der Waals surface area (Å²) in [4.78, 5) is 9.59. The number of nitrogens with two attached hydrogens (primary N) is 1. The van der Waals surface area contributed by atoms with Crippen molar-refractivity contribution in [1.29, 1.82) is 0 Å². The molecule has 7 nitrogen and oxygen atoms in total. The van der Waals surface area contributed by atoms with Crippen molar-refractivity contribution in [2.45, 2.75) is 64.8 Å². The minimum absolute atomic E-state index is 0.499. The van der Waals surface area contributed by atoms with Gasteiger partial charge in [0.05, 0.1) is 17.6 Å². The van der Waals surface area contributed by atoms with Crippen LogP contribution in [0.3, 0.4) is 0 Å². The SMILES string of the molecule is CCCc1nc2c(N)nc3cc(OCCCCCCNSC)ccc3c2n1CCCCNSC. The van der Waals surface area contributed by atoms with Crippen LogP contribution in [0.15, 0.2) is 18.2 Å². The van der Waals surface area contributed by atoms with E-state index in [0.717, 1.165) is 91.9 Å². The van der Waals surface area contributed by atoms with E-state index in [1.165, 1.54) is 19.3 Å². The average molecular weight is 505 g/mol. The van der Waals surface area contributed by atoms with Crippen LogP contribution in [0, 0.1) is 0 Å². The van der Waals surface area contributed by atoms with E-state index < -0.39 is 0 Å². The molecular formula is C25H40N6OS2. The standard InChI is InChI=1S/C25H40N6OS2/c1-4-11-22-30-23-24(31(22)16-9-8-15-28-34-3)20-13-12-19(18-21(20)29-25(23)26)32-17-10-6-5-7-14-27-33-2/h12-13,18,27-28H,4-11,14-17H2,1-3H3,(H2,26,29). The van der Waals surface area contributed by atoms with Crippen LogP contribution >= 0.6 is 23.9 Å². The van der Waals surface area contributed by atoms with Gasteiger partial charge in [0.1, 0.15) is 17.1 Å². The van der Waals surface area contributed by atoms with Gasteiger partial charge in [0.25, 0.3) is 0 Å². The Morgan fingerprint density at radius 1 is 0.971 bits per heavy atom. The second-order valence-electron chi connectivity index (χ2n) is 8.47. The number of aromatic nitrogens is 3. The van der Waals surface area contributed by atoms with Gasteiger partial charge in [-0.1, -0.05) is 43.7 Å². The Hall–Kier alpha value is -1.68. The number of anilines is 1. The zero-order valence-electron chi connectivity index (χ0n) is 20.9. The quantitative estimate of drug-likeness (QED) is 0.162. The number of nitrogens with one attached hydrogen (secondary N) is 2. The Bertz CT molecular complexity index is 1030.